The summed E-state index contributed by atoms with van der Waals surface area (Å²) in [5, 5.41) is 7.58. The predicted octanol–water partition coefficient (Wildman–Crippen LogP) is 3.08. The molecule has 0 aliphatic carbocycles. The number of hydrogen-bond acceptors (Lipinski definition) is 2. The Kier molecular flexibility index (Phi) is 4.80. The van der Waals surface area contributed by atoms with E-state index in [0.29, 0.717) is 0 Å². The number of benzene rings is 1. The molecule has 1 aromatic heterocycles. The molecule has 2 amide bonds. The molecule has 3 nitrogen and oxygen atoms in total. The molecule has 0 aliphatic heterocycles. The standard InChI is InChI=1S/C16H16N2OS/c1-3-10-17-16(19)18-15(14-5-4-11-20-14)13-8-6-12(2)7-9-13/h1,4-9,11,15H,10H2,2H3,(H2,17,18,19)/t15-/m1/s1. The smallest absolute Gasteiger partial charge is 0.316 e. The number of nitrogens with one attached hydrogen (secondary N) is 2. The van der Waals surface area contributed by atoms with Gasteiger partial charge in [-0.05, 0) is 23.9 Å². The second kappa shape index (κ2) is 6.78. The Morgan fingerprint density at radius 2 is 2.10 bits per heavy atom. The van der Waals surface area contributed by atoms with Gasteiger partial charge in [-0.2, -0.15) is 0 Å². The van der Waals surface area contributed by atoms with Crippen LogP contribution in [0.25, 0.3) is 0 Å². The summed E-state index contributed by atoms with van der Waals surface area (Å²) in [5.41, 5.74) is 2.24. The average Bonchev–Trinajstić information content (AvgIpc) is 2.97. The van der Waals surface area contributed by atoms with Gasteiger partial charge in [0.15, 0.2) is 0 Å². The van der Waals surface area contributed by atoms with Crippen LogP contribution in [0.1, 0.15) is 22.0 Å². The van der Waals surface area contributed by atoms with Gasteiger partial charge in [-0.3, -0.25) is 0 Å². The SMILES string of the molecule is C#CCNC(=O)N[C@H](c1ccc(C)cc1)c1cccs1. The molecule has 4 heteroatoms. The lowest BCUT2D eigenvalue weighted by atomic mass is 10.0. The fraction of sp³-hybridized carbons (Fsp3) is 0.188. The van der Waals surface area contributed by atoms with E-state index in [-0.39, 0.29) is 18.6 Å². The number of hydrogen-bond donors (Lipinski definition) is 2. The number of terminal acetylenes is 1. The Morgan fingerprint density at radius 1 is 1.35 bits per heavy atom. The molecule has 1 heterocycles. The Morgan fingerprint density at radius 3 is 2.70 bits per heavy atom. The van der Waals surface area contributed by atoms with Crippen molar-refractivity contribution >= 4 is 17.4 Å². The summed E-state index contributed by atoms with van der Waals surface area (Å²) < 4.78 is 0. The van der Waals surface area contributed by atoms with E-state index in [2.05, 4.69) is 16.6 Å². The van der Waals surface area contributed by atoms with Crippen LogP contribution in [0.3, 0.4) is 0 Å². The van der Waals surface area contributed by atoms with E-state index in [4.69, 9.17) is 6.42 Å². The molecule has 20 heavy (non-hydrogen) atoms. The monoisotopic (exact) mass is 284 g/mol. The van der Waals surface area contributed by atoms with Gasteiger partial charge < -0.3 is 10.6 Å². The van der Waals surface area contributed by atoms with Gasteiger partial charge >= 0.3 is 6.03 Å². The molecule has 0 bridgehead atoms. The lowest BCUT2D eigenvalue weighted by Crippen LogP contribution is -2.38. The van der Waals surface area contributed by atoms with Crippen molar-refractivity contribution < 1.29 is 4.79 Å². The first-order chi connectivity index (χ1) is 9.70. The van der Waals surface area contributed by atoms with Crippen molar-refractivity contribution in [2.75, 3.05) is 6.54 Å². The van der Waals surface area contributed by atoms with Crippen LogP contribution in [0.4, 0.5) is 4.79 Å². The highest BCUT2D eigenvalue weighted by molar-refractivity contribution is 7.10. The molecular formula is C16H16N2OS. The first-order valence-corrected chi connectivity index (χ1v) is 7.16. The van der Waals surface area contributed by atoms with E-state index in [0.717, 1.165) is 10.4 Å². The molecule has 0 saturated carbocycles. The van der Waals surface area contributed by atoms with Crippen LogP contribution in [0.5, 0.6) is 0 Å². The average molecular weight is 284 g/mol. The third-order valence-corrected chi connectivity index (χ3v) is 3.80. The molecule has 0 saturated heterocycles. The summed E-state index contributed by atoms with van der Waals surface area (Å²) in [5.74, 6) is 2.38. The molecule has 1 atom stereocenters. The van der Waals surface area contributed by atoms with E-state index in [9.17, 15) is 4.79 Å². The van der Waals surface area contributed by atoms with Crippen LogP contribution >= 0.6 is 11.3 Å². The Labute approximate surface area is 123 Å². The van der Waals surface area contributed by atoms with Crippen molar-refractivity contribution in [2.24, 2.45) is 0 Å². The molecule has 0 fully saturated rings. The molecule has 0 spiro atoms. The van der Waals surface area contributed by atoms with Gasteiger partial charge in [0.05, 0.1) is 12.6 Å². The number of carbonyl (C=O) groups excluding carboxylic acids is 1. The second-order valence-corrected chi connectivity index (χ2v) is 5.37. The van der Waals surface area contributed by atoms with Crippen LogP contribution < -0.4 is 10.6 Å². The first kappa shape index (κ1) is 14.2. The summed E-state index contributed by atoms with van der Waals surface area (Å²) in [4.78, 5) is 12.9. The van der Waals surface area contributed by atoms with Crippen LogP contribution in [0, 0.1) is 19.3 Å². The fourth-order valence-electron chi connectivity index (χ4n) is 1.85. The van der Waals surface area contributed by atoms with E-state index in [1.807, 2.05) is 48.7 Å². The van der Waals surface area contributed by atoms with Gasteiger partial charge in [-0.1, -0.05) is 41.8 Å². The summed E-state index contributed by atoms with van der Waals surface area (Å²) in [7, 11) is 0. The number of thiophene rings is 1. The number of rotatable bonds is 4. The number of aryl methyl sites for hydroxylation is 1. The maximum atomic E-state index is 11.8. The largest absolute Gasteiger partial charge is 0.327 e. The van der Waals surface area contributed by atoms with Gasteiger partial charge in [0, 0.05) is 4.88 Å². The van der Waals surface area contributed by atoms with Crippen molar-refractivity contribution in [3.63, 3.8) is 0 Å². The zero-order valence-electron chi connectivity index (χ0n) is 11.2. The van der Waals surface area contributed by atoms with Crippen molar-refractivity contribution in [2.45, 2.75) is 13.0 Å². The van der Waals surface area contributed by atoms with Gasteiger partial charge in [-0.25, -0.2) is 4.79 Å². The molecule has 2 rings (SSSR count). The number of urea groups is 1. The fourth-order valence-corrected chi connectivity index (χ4v) is 2.65. The maximum Gasteiger partial charge on any atom is 0.316 e. The molecule has 0 aliphatic rings. The lowest BCUT2D eigenvalue weighted by molar-refractivity contribution is 0.240. The highest BCUT2D eigenvalue weighted by atomic mass is 32.1. The first-order valence-electron chi connectivity index (χ1n) is 6.28. The minimum Gasteiger partial charge on any atom is -0.327 e. The minimum atomic E-state index is -0.262. The number of carbonyl (C=O) groups is 1. The summed E-state index contributed by atoms with van der Waals surface area (Å²) in [6.07, 6.45) is 5.14. The van der Waals surface area contributed by atoms with Gasteiger partial charge in [0.25, 0.3) is 0 Å². The molecule has 2 aromatic rings. The van der Waals surface area contributed by atoms with E-state index in [1.165, 1.54) is 5.56 Å². The van der Waals surface area contributed by atoms with Crippen LogP contribution in [-0.4, -0.2) is 12.6 Å². The number of amides is 2. The van der Waals surface area contributed by atoms with Crippen LogP contribution in [0.15, 0.2) is 41.8 Å². The van der Waals surface area contributed by atoms with E-state index < -0.39 is 0 Å². The third kappa shape index (κ3) is 3.62. The normalized spacial score (nSPS) is 11.4. The zero-order valence-corrected chi connectivity index (χ0v) is 12.0. The molecule has 2 N–H and O–H groups in total. The molecular weight excluding hydrogens is 268 g/mol. The van der Waals surface area contributed by atoms with Crippen LogP contribution in [0.2, 0.25) is 0 Å². The Bertz CT molecular complexity index is 596. The topological polar surface area (TPSA) is 41.1 Å². The molecule has 0 radical (unpaired) electrons. The van der Waals surface area contributed by atoms with E-state index in [1.54, 1.807) is 11.3 Å². The van der Waals surface area contributed by atoms with Crippen molar-refractivity contribution in [3.05, 3.63) is 57.8 Å². The summed E-state index contributed by atoms with van der Waals surface area (Å²) in [6, 6.07) is 11.7. The van der Waals surface area contributed by atoms with Crippen molar-refractivity contribution in [1.82, 2.24) is 10.6 Å². The second-order valence-electron chi connectivity index (χ2n) is 4.39. The van der Waals surface area contributed by atoms with E-state index >= 15 is 0 Å². The van der Waals surface area contributed by atoms with Crippen LogP contribution in [-0.2, 0) is 0 Å². The van der Waals surface area contributed by atoms with Gasteiger partial charge in [-0.15, -0.1) is 17.8 Å². The molecule has 1 aromatic carbocycles. The van der Waals surface area contributed by atoms with Crippen molar-refractivity contribution in [3.8, 4) is 12.3 Å². The minimum absolute atomic E-state index is 0.159. The lowest BCUT2D eigenvalue weighted by Gasteiger charge is -2.18. The Hall–Kier alpha value is -2.25. The zero-order chi connectivity index (χ0) is 14.4. The van der Waals surface area contributed by atoms with Gasteiger partial charge in [0.1, 0.15) is 0 Å². The third-order valence-electron chi connectivity index (χ3n) is 2.86. The van der Waals surface area contributed by atoms with Crippen molar-refractivity contribution in [1.29, 1.82) is 0 Å². The highest BCUT2D eigenvalue weighted by Crippen LogP contribution is 2.26. The predicted molar refractivity (Wildman–Crippen MR) is 82.7 cm³/mol. The molecule has 0 unspecified atom stereocenters. The Balaban J connectivity index is 2.20. The maximum absolute atomic E-state index is 11.8. The molecule has 102 valence electrons. The summed E-state index contributed by atoms with van der Waals surface area (Å²) >= 11 is 1.61. The highest BCUT2D eigenvalue weighted by Gasteiger charge is 2.17. The quantitative estimate of drug-likeness (QED) is 0.832. The van der Waals surface area contributed by atoms with Gasteiger partial charge in [0.2, 0.25) is 0 Å². The summed E-state index contributed by atoms with van der Waals surface area (Å²) in [6.45, 7) is 2.26.